The van der Waals surface area contributed by atoms with E-state index in [4.69, 9.17) is 0 Å². The highest BCUT2D eigenvalue weighted by atomic mass is 15.2. The molecule has 3 heteroatoms. The van der Waals surface area contributed by atoms with Gasteiger partial charge in [-0.3, -0.25) is 0 Å². The molecule has 0 bridgehead atoms. The second-order valence-corrected chi connectivity index (χ2v) is 6.62. The van der Waals surface area contributed by atoms with E-state index < -0.39 is 0 Å². The van der Waals surface area contributed by atoms with Gasteiger partial charge in [-0.2, -0.15) is 0 Å². The largest absolute Gasteiger partial charge is 0.313 e. The Labute approximate surface area is 113 Å². The predicted octanol–water partition coefficient (Wildman–Crippen LogP) is 1.79. The Morgan fingerprint density at radius 3 is 2.44 bits per heavy atom. The van der Waals surface area contributed by atoms with Crippen LogP contribution in [-0.4, -0.2) is 62.2 Å². The molecule has 0 amide bonds. The van der Waals surface area contributed by atoms with Crippen molar-refractivity contribution in [2.24, 2.45) is 5.92 Å². The average molecular weight is 253 g/mol. The molecule has 106 valence electrons. The third-order valence-electron chi connectivity index (χ3n) is 4.85. The highest BCUT2D eigenvalue weighted by molar-refractivity contribution is 4.82. The first-order chi connectivity index (χ1) is 8.65. The van der Waals surface area contributed by atoms with Crippen molar-refractivity contribution in [1.29, 1.82) is 0 Å². The Balaban J connectivity index is 1.56. The summed E-state index contributed by atoms with van der Waals surface area (Å²) in [5, 5.41) is 3.76. The van der Waals surface area contributed by atoms with E-state index in [0.29, 0.717) is 0 Å². The second-order valence-electron chi connectivity index (χ2n) is 6.62. The van der Waals surface area contributed by atoms with Crippen LogP contribution in [0.1, 0.15) is 39.0 Å². The fraction of sp³-hybridized carbons (Fsp3) is 1.00. The zero-order valence-electron chi connectivity index (χ0n) is 12.5. The Morgan fingerprint density at radius 1 is 1.11 bits per heavy atom. The monoisotopic (exact) mass is 253 g/mol. The SMILES string of the molecule is CC1CCC(NCCN2CCC(N(C)C)C2)CC1. The molecule has 1 unspecified atom stereocenters. The van der Waals surface area contributed by atoms with Crippen LogP contribution in [0.5, 0.6) is 0 Å². The first-order valence-electron chi connectivity index (χ1n) is 7.77. The maximum Gasteiger partial charge on any atom is 0.0229 e. The van der Waals surface area contributed by atoms with Crippen LogP contribution in [0.4, 0.5) is 0 Å². The number of likely N-dealkylation sites (N-methyl/N-ethyl adjacent to an activating group) is 1. The smallest absolute Gasteiger partial charge is 0.0229 e. The van der Waals surface area contributed by atoms with Crippen LogP contribution in [0.25, 0.3) is 0 Å². The van der Waals surface area contributed by atoms with Crippen molar-refractivity contribution in [2.75, 3.05) is 40.3 Å². The van der Waals surface area contributed by atoms with Crippen LogP contribution in [0.15, 0.2) is 0 Å². The van der Waals surface area contributed by atoms with Crippen molar-refractivity contribution in [3.63, 3.8) is 0 Å². The van der Waals surface area contributed by atoms with E-state index in [1.54, 1.807) is 0 Å². The minimum Gasteiger partial charge on any atom is -0.313 e. The molecular formula is C15H31N3. The molecule has 1 aliphatic heterocycles. The molecule has 18 heavy (non-hydrogen) atoms. The molecular weight excluding hydrogens is 222 g/mol. The summed E-state index contributed by atoms with van der Waals surface area (Å²) in [5.41, 5.74) is 0. The molecule has 2 rings (SSSR count). The maximum absolute atomic E-state index is 3.76. The lowest BCUT2D eigenvalue weighted by Crippen LogP contribution is -2.39. The lowest BCUT2D eigenvalue weighted by atomic mass is 9.87. The highest BCUT2D eigenvalue weighted by Crippen LogP contribution is 2.23. The quantitative estimate of drug-likeness (QED) is 0.806. The van der Waals surface area contributed by atoms with E-state index in [0.717, 1.165) is 18.0 Å². The molecule has 1 aliphatic carbocycles. The van der Waals surface area contributed by atoms with Crippen molar-refractivity contribution in [3.8, 4) is 0 Å². The number of hydrogen-bond acceptors (Lipinski definition) is 3. The first-order valence-corrected chi connectivity index (χ1v) is 7.77. The third-order valence-corrected chi connectivity index (χ3v) is 4.85. The number of likely N-dealkylation sites (tertiary alicyclic amines) is 1. The normalized spacial score (nSPS) is 34.3. The van der Waals surface area contributed by atoms with Crippen molar-refractivity contribution in [3.05, 3.63) is 0 Å². The van der Waals surface area contributed by atoms with Crippen molar-refractivity contribution >= 4 is 0 Å². The Hall–Kier alpha value is -0.120. The van der Waals surface area contributed by atoms with Crippen molar-refractivity contribution in [2.45, 2.75) is 51.1 Å². The molecule has 2 fully saturated rings. The van der Waals surface area contributed by atoms with Crippen molar-refractivity contribution in [1.82, 2.24) is 15.1 Å². The van der Waals surface area contributed by atoms with Gasteiger partial charge < -0.3 is 15.1 Å². The second kappa shape index (κ2) is 6.88. The summed E-state index contributed by atoms with van der Waals surface area (Å²) in [7, 11) is 4.41. The number of nitrogens with zero attached hydrogens (tertiary/aromatic N) is 2. The summed E-state index contributed by atoms with van der Waals surface area (Å²) in [4.78, 5) is 4.99. The van der Waals surface area contributed by atoms with Gasteiger partial charge in [-0.25, -0.2) is 0 Å². The van der Waals surface area contributed by atoms with E-state index in [-0.39, 0.29) is 0 Å². The molecule has 0 radical (unpaired) electrons. The fourth-order valence-corrected chi connectivity index (χ4v) is 3.33. The molecule has 1 saturated heterocycles. The Bertz CT molecular complexity index is 234. The van der Waals surface area contributed by atoms with Crippen LogP contribution in [0, 0.1) is 5.92 Å². The van der Waals surface area contributed by atoms with Crippen LogP contribution < -0.4 is 5.32 Å². The summed E-state index contributed by atoms with van der Waals surface area (Å²) < 4.78 is 0. The van der Waals surface area contributed by atoms with Gasteiger partial charge in [0.05, 0.1) is 0 Å². The predicted molar refractivity (Wildman–Crippen MR) is 78.0 cm³/mol. The summed E-state index contributed by atoms with van der Waals surface area (Å²) in [6.45, 7) is 7.35. The topological polar surface area (TPSA) is 18.5 Å². The van der Waals surface area contributed by atoms with Gasteiger partial charge in [-0.05, 0) is 58.7 Å². The molecule has 0 aromatic rings. The van der Waals surface area contributed by atoms with Gasteiger partial charge in [0.25, 0.3) is 0 Å². The summed E-state index contributed by atoms with van der Waals surface area (Å²) in [5.74, 6) is 0.961. The van der Waals surface area contributed by atoms with Gasteiger partial charge >= 0.3 is 0 Å². The molecule has 3 nitrogen and oxygen atoms in total. The van der Waals surface area contributed by atoms with Crippen LogP contribution >= 0.6 is 0 Å². The molecule has 1 heterocycles. The van der Waals surface area contributed by atoms with Crippen LogP contribution in [0.3, 0.4) is 0 Å². The zero-order chi connectivity index (χ0) is 13.0. The summed E-state index contributed by atoms with van der Waals surface area (Å²) in [6, 6.07) is 1.58. The Morgan fingerprint density at radius 2 is 1.83 bits per heavy atom. The van der Waals surface area contributed by atoms with Gasteiger partial charge in [-0.1, -0.05) is 6.92 Å². The maximum atomic E-state index is 3.76. The van der Waals surface area contributed by atoms with Crippen LogP contribution in [-0.2, 0) is 0 Å². The van der Waals surface area contributed by atoms with Gasteiger partial charge in [0.15, 0.2) is 0 Å². The minimum absolute atomic E-state index is 0.778. The van der Waals surface area contributed by atoms with Crippen molar-refractivity contribution < 1.29 is 0 Å². The molecule has 1 N–H and O–H groups in total. The molecule has 0 aromatic carbocycles. The lowest BCUT2D eigenvalue weighted by molar-refractivity contribution is 0.256. The van der Waals surface area contributed by atoms with E-state index in [9.17, 15) is 0 Å². The highest BCUT2D eigenvalue weighted by Gasteiger charge is 2.23. The molecule has 1 saturated carbocycles. The minimum atomic E-state index is 0.778. The van der Waals surface area contributed by atoms with Gasteiger partial charge in [0.1, 0.15) is 0 Å². The summed E-state index contributed by atoms with van der Waals surface area (Å²) in [6.07, 6.45) is 6.96. The average Bonchev–Trinajstić information content (AvgIpc) is 2.81. The van der Waals surface area contributed by atoms with Crippen LogP contribution in [0.2, 0.25) is 0 Å². The van der Waals surface area contributed by atoms with E-state index >= 15 is 0 Å². The molecule has 2 aliphatic rings. The fourth-order valence-electron chi connectivity index (χ4n) is 3.33. The lowest BCUT2D eigenvalue weighted by Gasteiger charge is -2.28. The van der Waals surface area contributed by atoms with E-state index in [1.807, 2.05) is 0 Å². The van der Waals surface area contributed by atoms with E-state index in [1.165, 1.54) is 58.3 Å². The van der Waals surface area contributed by atoms with Gasteiger partial charge in [0, 0.05) is 31.7 Å². The Kier molecular flexibility index (Phi) is 5.46. The van der Waals surface area contributed by atoms with Gasteiger partial charge in [-0.15, -0.1) is 0 Å². The van der Waals surface area contributed by atoms with E-state index in [2.05, 4.69) is 36.1 Å². The first kappa shape index (κ1) is 14.3. The zero-order valence-corrected chi connectivity index (χ0v) is 12.5. The number of rotatable bonds is 5. The standard InChI is InChI=1S/C15H31N3/c1-13-4-6-14(7-5-13)16-9-11-18-10-8-15(12-18)17(2)3/h13-16H,4-12H2,1-3H3. The third kappa shape index (κ3) is 4.22. The number of hydrogen-bond donors (Lipinski definition) is 1. The molecule has 0 spiro atoms. The molecule has 1 atom stereocenters. The number of nitrogens with one attached hydrogen (secondary N) is 1. The van der Waals surface area contributed by atoms with Gasteiger partial charge in [0.2, 0.25) is 0 Å². The molecule has 0 aromatic heterocycles. The summed E-state index contributed by atoms with van der Waals surface area (Å²) >= 11 is 0.